The van der Waals surface area contributed by atoms with Crippen LogP contribution in [0, 0.1) is 30.6 Å². The topological polar surface area (TPSA) is 69.5 Å². The van der Waals surface area contributed by atoms with Crippen LogP contribution >= 0.6 is 0 Å². The molecule has 0 aromatic carbocycles. The lowest BCUT2D eigenvalue weighted by atomic mass is 9.98. The summed E-state index contributed by atoms with van der Waals surface area (Å²) in [5.41, 5.74) is 0. The van der Waals surface area contributed by atoms with Gasteiger partial charge in [0.15, 0.2) is 18.1 Å². The van der Waals surface area contributed by atoms with Gasteiger partial charge in [0.05, 0.1) is 25.4 Å². The van der Waals surface area contributed by atoms with Gasteiger partial charge in [0.1, 0.15) is 0 Å². The van der Waals surface area contributed by atoms with Crippen LogP contribution in [0.25, 0.3) is 0 Å². The summed E-state index contributed by atoms with van der Waals surface area (Å²) in [6.07, 6.45) is 12.3. The van der Waals surface area contributed by atoms with Gasteiger partial charge in [0.2, 0.25) is 0 Å². The minimum Gasteiger partial charge on any atom is -0.457 e. The lowest BCUT2D eigenvalue weighted by Crippen LogP contribution is -2.30. The first kappa shape index (κ1) is 17.8. The number of terminal acetylenes is 2. The van der Waals surface area contributed by atoms with Gasteiger partial charge in [-0.1, -0.05) is 30.9 Å². The number of hydrogen-bond acceptors (Lipinski definition) is 6. The monoisotopic (exact) mass is 330 g/mol. The maximum atomic E-state index is 11.4. The van der Waals surface area contributed by atoms with Crippen molar-refractivity contribution in [2.45, 2.75) is 45.6 Å². The van der Waals surface area contributed by atoms with Gasteiger partial charge in [-0.25, -0.2) is 4.68 Å². The Morgan fingerprint density at radius 1 is 1.46 bits per heavy atom. The molecule has 2 heterocycles. The number of nitrogens with zero attached hydrogens (tertiary/aromatic N) is 4. The first-order valence-electron chi connectivity index (χ1n) is 7.88. The van der Waals surface area contributed by atoms with Crippen molar-refractivity contribution in [3.8, 4) is 24.7 Å². The molecule has 0 bridgehead atoms. The van der Waals surface area contributed by atoms with Crippen molar-refractivity contribution in [1.29, 1.82) is 0 Å². The van der Waals surface area contributed by atoms with E-state index in [9.17, 15) is 4.79 Å². The van der Waals surface area contributed by atoms with E-state index in [-0.39, 0.29) is 18.0 Å². The molecular weight excluding hydrogens is 308 g/mol. The van der Waals surface area contributed by atoms with Crippen molar-refractivity contribution in [2.24, 2.45) is 5.92 Å². The summed E-state index contributed by atoms with van der Waals surface area (Å²) in [5.74, 6) is 5.35. The van der Waals surface area contributed by atoms with Crippen molar-refractivity contribution >= 4 is 11.8 Å². The Balaban J connectivity index is 2.24. The fraction of sp³-hybridized carbons (Fsp3) is 0.588. The summed E-state index contributed by atoms with van der Waals surface area (Å²) in [7, 11) is 0. The molecule has 7 heteroatoms. The molecule has 1 saturated heterocycles. The van der Waals surface area contributed by atoms with Gasteiger partial charge in [0.25, 0.3) is 0 Å². The molecule has 0 aliphatic carbocycles. The van der Waals surface area contributed by atoms with Crippen LogP contribution in [0.5, 0.6) is 0 Å². The summed E-state index contributed by atoms with van der Waals surface area (Å²) in [6, 6.07) is 0. The number of aromatic nitrogens is 3. The molecular formula is C17H22N4O3. The number of carbonyl (C=O) groups excluding carboxylic acids is 1. The van der Waals surface area contributed by atoms with Gasteiger partial charge in [-0.3, -0.25) is 4.79 Å². The SMILES string of the molecule is C#CCN(CC#C)c1cn([C@@H]2O[C@H](CC)C(C)[C@@H]2OC(C)=O)nn1. The number of esters is 1. The fourth-order valence-electron chi connectivity index (χ4n) is 2.86. The van der Waals surface area contributed by atoms with Gasteiger partial charge in [-0.05, 0) is 6.42 Å². The highest BCUT2D eigenvalue weighted by atomic mass is 16.6. The Hall–Kier alpha value is -2.51. The minimum atomic E-state index is -0.520. The Bertz CT molecular complexity index is 642. The lowest BCUT2D eigenvalue weighted by molar-refractivity contribution is -0.154. The van der Waals surface area contributed by atoms with Gasteiger partial charge < -0.3 is 14.4 Å². The van der Waals surface area contributed by atoms with E-state index in [0.717, 1.165) is 6.42 Å². The molecule has 1 aliphatic rings. The van der Waals surface area contributed by atoms with E-state index in [4.69, 9.17) is 22.3 Å². The number of carbonyl (C=O) groups is 1. The van der Waals surface area contributed by atoms with E-state index in [2.05, 4.69) is 22.2 Å². The lowest BCUT2D eigenvalue weighted by Gasteiger charge is -2.20. The zero-order chi connectivity index (χ0) is 17.7. The highest BCUT2D eigenvalue weighted by Crippen LogP contribution is 2.37. The van der Waals surface area contributed by atoms with Crippen LogP contribution in [-0.4, -0.2) is 46.3 Å². The molecule has 1 aromatic heterocycles. The van der Waals surface area contributed by atoms with E-state index in [0.29, 0.717) is 18.9 Å². The van der Waals surface area contributed by atoms with Gasteiger partial charge in [-0.15, -0.1) is 17.9 Å². The molecule has 0 amide bonds. The number of anilines is 1. The van der Waals surface area contributed by atoms with Crippen LogP contribution in [-0.2, 0) is 14.3 Å². The summed E-state index contributed by atoms with van der Waals surface area (Å²) in [4.78, 5) is 13.2. The molecule has 0 N–H and O–H groups in total. The predicted octanol–water partition coefficient (Wildman–Crippen LogP) is 1.23. The Labute approximate surface area is 142 Å². The molecule has 24 heavy (non-hydrogen) atoms. The summed E-state index contributed by atoms with van der Waals surface area (Å²) in [5, 5.41) is 8.23. The Morgan fingerprint density at radius 2 is 2.12 bits per heavy atom. The van der Waals surface area contributed by atoms with E-state index in [1.165, 1.54) is 6.92 Å². The second-order valence-electron chi connectivity index (χ2n) is 5.73. The summed E-state index contributed by atoms with van der Waals surface area (Å²) < 4.78 is 13.0. The summed E-state index contributed by atoms with van der Waals surface area (Å²) >= 11 is 0. The first-order chi connectivity index (χ1) is 11.5. The molecule has 7 nitrogen and oxygen atoms in total. The average molecular weight is 330 g/mol. The standard InChI is InChI=1S/C17H22N4O3/c1-6-9-20(10-7-2)15-11-21(19-18-15)17-16(23-13(5)22)12(4)14(8-3)24-17/h1-2,11-12,14,16-17H,8-10H2,3-5H3/t12?,14-,16+,17-/m1/s1. The third kappa shape index (κ3) is 3.69. The molecule has 0 saturated carbocycles. The van der Waals surface area contributed by atoms with Crippen molar-refractivity contribution < 1.29 is 14.3 Å². The second-order valence-corrected chi connectivity index (χ2v) is 5.73. The highest BCUT2D eigenvalue weighted by molar-refractivity contribution is 5.66. The Kier molecular flexibility index (Phi) is 5.83. The first-order valence-corrected chi connectivity index (χ1v) is 7.88. The molecule has 1 unspecified atom stereocenters. The van der Waals surface area contributed by atoms with Crippen LogP contribution in [0.15, 0.2) is 6.20 Å². The van der Waals surface area contributed by atoms with Crippen molar-refractivity contribution in [1.82, 2.24) is 15.0 Å². The van der Waals surface area contributed by atoms with E-state index in [1.807, 2.05) is 13.8 Å². The third-order valence-corrected chi connectivity index (χ3v) is 4.05. The zero-order valence-electron chi connectivity index (χ0n) is 14.2. The van der Waals surface area contributed by atoms with Gasteiger partial charge in [0, 0.05) is 12.8 Å². The third-order valence-electron chi connectivity index (χ3n) is 4.05. The molecule has 1 fully saturated rings. The molecule has 1 aromatic rings. The molecule has 128 valence electrons. The number of ether oxygens (including phenoxy) is 2. The molecule has 1 aliphatic heterocycles. The molecule has 2 rings (SSSR count). The van der Waals surface area contributed by atoms with Crippen LogP contribution in [0.1, 0.15) is 33.4 Å². The molecule has 0 radical (unpaired) electrons. The van der Waals surface area contributed by atoms with Crippen LogP contribution in [0.2, 0.25) is 0 Å². The van der Waals surface area contributed by atoms with Gasteiger partial charge >= 0.3 is 5.97 Å². The zero-order valence-corrected chi connectivity index (χ0v) is 14.2. The van der Waals surface area contributed by atoms with Crippen molar-refractivity contribution in [3.63, 3.8) is 0 Å². The minimum absolute atomic E-state index is 0.0143. The smallest absolute Gasteiger partial charge is 0.303 e. The van der Waals surface area contributed by atoms with Gasteiger partial charge in [-0.2, -0.15) is 0 Å². The van der Waals surface area contributed by atoms with Crippen molar-refractivity contribution in [2.75, 3.05) is 18.0 Å². The summed E-state index contributed by atoms with van der Waals surface area (Å²) in [6.45, 7) is 6.08. The second kappa shape index (κ2) is 7.85. The van der Waals surface area contributed by atoms with Crippen LogP contribution in [0.4, 0.5) is 5.82 Å². The van der Waals surface area contributed by atoms with E-state index >= 15 is 0 Å². The van der Waals surface area contributed by atoms with E-state index < -0.39 is 12.3 Å². The largest absolute Gasteiger partial charge is 0.457 e. The quantitative estimate of drug-likeness (QED) is 0.577. The van der Waals surface area contributed by atoms with Crippen molar-refractivity contribution in [3.05, 3.63) is 6.20 Å². The maximum absolute atomic E-state index is 11.4. The molecule has 4 atom stereocenters. The van der Waals surface area contributed by atoms with Crippen LogP contribution in [0.3, 0.4) is 0 Å². The van der Waals surface area contributed by atoms with E-state index in [1.54, 1.807) is 15.8 Å². The fourth-order valence-corrected chi connectivity index (χ4v) is 2.86. The maximum Gasteiger partial charge on any atom is 0.303 e. The number of hydrogen-bond donors (Lipinski definition) is 0. The average Bonchev–Trinajstić information content (AvgIpc) is 3.13. The number of rotatable bonds is 6. The highest BCUT2D eigenvalue weighted by Gasteiger charge is 2.45. The normalized spacial score (nSPS) is 25.7. The predicted molar refractivity (Wildman–Crippen MR) is 88.8 cm³/mol. The van der Waals surface area contributed by atoms with Crippen LogP contribution < -0.4 is 4.90 Å². The Morgan fingerprint density at radius 3 is 2.67 bits per heavy atom. The molecule has 0 spiro atoms.